The normalized spacial score (nSPS) is 10.8. The van der Waals surface area contributed by atoms with E-state index < -0.39 is 0 Å². The molecule has 108 valence electrons. The minimum absolute atomic E-state index is 0.121. The highest BCUT2D eigenvalue weighted by molar-refractivity contribution is 7.14. The van der Waals surface area contributed by atoms with Crippen molar-refractivity contribution in [2.75, 3.05) is 13.2 Å². The summed E-state index contributed by atoms with van der Waals surface area (Å²) in [5.41, 5.74) is 0. The van der Waals surface area contributed by atoms with Crippen LogP contribution in [0.4, 0.5) is 0 Å². The monoisotopic (exact) mass is 282 g/mol. The van der Waals surface area contributed by atoms with E-state index in [0.717, 1.165) is 17.7 Å². The number of carbonyl (C=O) groups is 1. The fourth-order valence-electron chi connectivity index (χ4n) is 1.94. The molecule has 0 bridgehead atoms. The van der Waals surface area contributed by atoms with Crippen LogP contribution in [0, 0.1) is 0 Å². The molecule has 1 heterocycles. The first kappa shape index (κ1) is 16.4. The zero-order chi connectivity index (χ0) is 13.9. The average Bonchev–Trinajstić information content (AvgIpc) is 2.90. The topological polar surface area (TPSA) is 26.3 Å². The number of unbranched alkanes of at least 4 members (excludes halogenated alkanes) is 5. The van der Waals surface area contributed by atoms with E-state index in [9.17, 15) is 4.79 Å². The van der Waals surface area contributed by atoms with E-state index in [2.05, 4.69) is 13.8 Å². The molecule has 2 nitrogen and oxygen atoms in total. The molecule has 0 saturated heterocycles. The lowest BCUT2D eigenvalue weighted by Gasteiger charge is -2.03. The Labute approximate surface area is 121 Å². The number of hydrogen-bond donors (Lipinski definition) is 0. The van der Waals surface area contributed by atoms with Crippen LogP contribution in [0.15, 0.2) is 12.1 Å². The van der Waals surface area contributed by atoms with Crippen LogP contribution in [-0.4, -0.2) is 19.0 Å². The van der Waals surface area contributed by atoms with E-state index in [4.69, 9.17) is 4.74 Å². The molecule has 1 rings (SSSR count). The van der Waals surface area contributed by atoms with Crippen LogP contribution in [0.5, 0.6) is 0 Å². The van der Waals surface area contributed by atoms with E-state index in [1.165, 1.54) is 37.0 Å². The molecule has 0 aliphatic carbocycles. The van der Waals surface area contributed by atoms with Gasteiger partial charge in [0.05, 0.1) is 4.88 Å². The fraction of sp³-hybridized carbons (Fsp3) is 0.688. The zero-order valence-corrected chi connectivity index (χ0v) is 13.1. The van der Waals surface area contributed by atoms with Crippen LogP contribution >= 0.6 is 11.3 Å². The summed E-state index contributed by atoms with van der Waals surface area (Å²) in [6.45, 7) is 5.28. The van der Waals surface area contributed by atoms with Crippen LogP contribution in [-0.2, 0) is 11.2 Å². The molecule has 0 radical (unpaired) electrons. The first-order valence-corrected chi connectivity index (χ1v) is 8.29. The lowest BCUT2D eigenvalue weighted by atomic mass is 10.1. The Morgan fingerprint density at radius 2 is 1.84 bits per heavy atom. The van der Waals surface area contributed by atoms with Gasteiger partial charge < -0.3 is 4.74 Å². The molecule has 1 aromatic heterocycles. The lowest BCUT2D eigenvalue weighted by Crippen LogP contribution is -2.08. The Kier molecular flexibility index (Phi) is 8.76. The zero-order valence-electron chi connectivity index (χ0n) is 12.2. The second-order valence-corrected chi connectivity index (χ2v) is 6.03. The Morgan fingerprint density at radius 1 is 1.11 bits per heavy atom. The molecule has 0 N–H and O–H groups in total. The van der Waals surface area contributed by atoms with Gasteiger partial charge in [0, 0.05) is 11.5 Å². The minimum atomic E-state index is 0.121. The van der Waals surface area contributed by atoms with Crippen molar-refractivity contribution in [1.29, 1.82) is 0 Å². The highest BCUT2D eigenvalue weighted by Gasteiger charge is 2.08. The molecule has 0 amide bonds. The van der Waals surface area contributed by atoms with E-state index in [1.54, 1.807) is 11.3 Å². The van der Waals surface area contributed by atoms with E-state index >= 15 is 0 Å². The molecule has 0 aliphatic rings. The van der Waals surface area contributed by atoms with Crippen molar-refractivity contribution in [3.8, 4) is 0 Å². The van der Waals surface area contributed by atoms with Crippen LogP contribution < -0.4 is 0 Å². The van der Waals surface area contributed by atoms with Crippen molar-refractivity contribution in [2.45, 2.75) is 58.8 Å². The van der Waals surface area contributed by atoms with Gasteiger partial charge in [-0.15, -0.1) is 11.3 Å². The smallest absolute Gasteiger partial charge is 0.198 e. The number of aryl methyl sites for hydroxylation is 1. The number of ether oxygens (including phenoxy) is 1. The SMILES string of the molecule is CCCCCCCCOCC(=O)c1ccc(CC)s1. The number of carbonyl (C=O) groups excluding carboxylic acids is 1. The van der Waals surface area contributed by atoms with E-state index in [-0.39, 0.29) is 12.4 Å². The molecular weight excluding hydrogens is 256 g/mol. The molecule has 0 unspecified atom stereocenters. The summed E-state index contributed by atoms with van der Waals surface area (Å²) in [4.78, 5) is 13.9. The summed E-state index contributed by atoms with van der Waals surface area (Å²) in [5, 5.41) is 0. The van der Waals surface area contributed by atoms with Crippen molar-refractivity contribution in [3.63, 3.8) is 0 Å². The molecule has 19 heavy (non-hydrogen) atoms. The van der Waals surface area contributed by atoms with Gasteiger partial charge in [0.15, 0.2) is 5.78 Å². The molecule has 0 aliphatic heterocycles. The number of thiophene rings is 1. The molecule has 0 fully saturated rings. The van der Waals surface area contributed by atoms with Crippen LogP contribution in [0.25, 0.3) is 0 Å². The lowest BCUT2D eigenvalue weighted by molar-refractivity contribution is 0.0756. The summed E-state index contributed by atoms with van der Waals surface area (Å²) in [5.74, 6) is 0.121. The van der Waals surface area contributed by atoms with Crippen molar-refractivity contribution in [2.24, 2.45) is 0 Å². The average molecular weight is 282 g/mol. The van der Waals surface area contributed by atoms with Gasteiger partial charge in [-0.05, 0) is 25.0 Å². The molecule has 3 heteroatoms. The number of hydrogen-bond acceptors (Lipinski definition) is 3. The first-order valence-electron chi connectivity index (χ1n) is 7.47. The molecule has 0 atom stereocenters. The highest BCUT2D eigenvalue weighted by atomic mass is 32.1. The van der Waals surface area contributed by atoms with Crippen molar-refractivity contribution >= 4 is 17.1 Å². The summed E-state index contributed by atoms with van der Waals surface area (Å²) in [7, 11) is 0. The summed E-state index contributed by atoms with van der Waals surface area (Å²) < 4.78 is 5.46. The molecular formula is C16H26O2S. The Balaban J connectivity index is 2.04. The number of rotatable bonds is 11. The predicted molar refractivity (Wildman–Crippen MR) is 82.2 cm³/mol. The maximum atomic E-state index is 11.8. The highest BCUT2D eigenvalue weighted by Crippen LogP contribution is 2.17. The maximum absolute atomic E-state index is 11.8. The standard InChI is InChI=1S/C16H26O2S/c1-3-5-6-7-8-9-12-18-13-15(17)16-11-10-14(4-2)19-16/h10-11H,3-9,12-13H2,1-2H3. The van der Waals surface area contributed by atoms with Gasteiger partial charge in [0.25, 0.3) is 0 Å². The Bertz CT molecular complexity index is 357. The van der Waals surface area contributed by atoms with Crippen LogP contribution in [0.2, 0.25) is 0 Å². The molecule has 0 saturated carbocycles. The van der Waals surface area contributed by atoms with Crippen LogP contribution in [0.3, 0.4) is 0 Å². The quantitative estimate of drug-likeness (QED) is 0.427. The predicted octanol–water partition coefficient (Wildman–Crippen LogP) is 4.87. The molecule has 1 aromatic rings. The van der Waals surface area contributed by atoms with E-state index in [1.807, 2.05) is 12.1 Å². The second kappa shape index (κ2) is 10.2. The third-order valence-corrected chi connectivity index (χ3v) is 4.43. The van der Waals surface area contributed by atoms with Gasteiger partial charge in [0.1, 0.15) is 6.61 Å². The third-order valence-electron chi connectivity index (χ3n) is 3.16. The number of Topliss-reactive ketones (excluding diaryl/α,β-unsaturated/α-hetero) is 1. The third kappa shape index (κ3) is 6.88. The number of ketones is 1. The molecule has 0 spiro atoms. The summed E-state index contributed by atoms with van der Waals surface area (Å²) >= 11 is 1.59. The Morgan fingerprint density at radius 3 is 2.53 bits per heavy atom. The fourth-order valence-corrected chi connectivity index (χ4v) is 2.81. The van der Waals surface area contributed by atoms with Gasteiger partial charge in [-0.3, -0.25) is 4.79 Å². The van der Waals surface area contributed by atoms with Crippen LogP contribution in [0.1, 0.15) is 66.9 Å². The Hall–Kier alpha value is -0.670. The van der Waals surface area contributed by atoms with Crippen molar-refractivity contribution in [3.05, 3.63) is 21.9 Å². The second-order valence-electron chi connectivity index (χ2n) is 4.86. The van der Waals surface area contributed by atoms with Gasteiger partial charge >= 0.3 is 0 Å². The summed E-state index contributed by atoms with van der Waals surface area (Å²) in [6.07, 6.45) is 8.51. The van der Waals surface area contributed by atoms with Gasteiger partial charge in [0.2, 0.25) is 0 Å². The summed E-state index contributed by atoms with van der Waals surface area (Å²) in [6, 6.07) is 3.95. The minimum Gasteiger partial charge on any atom is -0.373 e. The van der Waals surface area contributed by atoms with Gasteiger partial charge in [-0.2, -0.15) is 0 Å². The van der Waals surface area contributed by atoms with Gasteiger partial charge in [-0.25, -0.2) is 0 Å². The molecule has 0 aromatic carbocycles. The first-order chi connectivity index (χ1) is 9.27. The van der Waals surface area contributed by atoms with Crippen molar-refractivity contribution < 1.29 is 9.53 Å². The maximum Gasteiger partial charge on any atom is 0.198 e. The van der Waals surface area contributed by atoms with Gasteiger partial charge in [-0.1, -0.05) is 46.0 Å². The van der Waals surface area contributed by atoms with Crippen molar-refractivity contribution in [1.82, 2.24) is 0 Å². The largest absolute Gasteiger partial charge is 0.373 e. The van der Waals surface area contributed by atoms with E-state index in [0.29, 0.717) is 6.61 Å².